The molecule has 0 aliphatic heterocycles. The summed E-state index contributed by atoms with van der Waals surface area (Å²) in [5.74, 6) is 0.532. The summed E-state index contributed by atoms with van der Waals surface area (Å²) in [6.45, 7) is 4.30. The van der Waals surface area contributed by atoms with Gasteiger partial charge in [0.2, 0.25) is 0 Å². The van der Waals surface area contributed by atoms with E-state index < -0.39 is 0 Å². The Morgan fingerprint density at radius 3 is 2.75 bits per heavy atom. The quantitative estimate of drug-likeness (QED) is 0.510. The molecule has 0 saturated heterocycles. The highest BCUT2D eigenvalue weighted by molar-refractivity contribution is 8.03. The molecule has 1 nitrogen and oxygen atoms in total. The summed E-state index contributed by atoms with van der Waals surface area (Å²) in [6, 6.07) is 8.11. The summed E-state index contributed by atoms with van der Waals surface area (Å²) in [5, 5.41) is 10.5. The van der Waals surface area contributed by atoms with E-state index in [0.717, 1.165) is 4.90 Å². The predicted molar refractivity (Wildman–Crippen MR) is 52.0 cm³/mol. The Bertz CT molecular complexity index is 299. The van der Waals surface area contributed by atoms with Crippen LogP contribution in [0.25, 0.3) is 0 Å². The number of hydrogen-bond donors (Lipinski definition) is 0. The molecule has 0 aliphatic rings. The molecule has 0 heterocycles. The smallest absolute Gasteiger partial charge is 0.138 e. The van der Waals surface area contributed by atoms with Crippen LogP contribution in [-0.4, -0.2) is 0 Å². The molecule has 1 aromatic carbocycles. The molecule has 12 heavy (non-hydrogen) atoms. The first-order valence-electron chi connectivity index (χ1n) is 3.90. The Balaban J connectivity index is 2.90. The van der Waals surface area contributed by atoms with Gasteiger partial charge in [-0.25, -0.2) is 0 Å². The van der Waals surface area contributed by atoms with Gasteiger partial charge in [-0.05, 0) is 35.4 Å². The fraction of sp³-hybridized carbons (Fsp3) is 0.300. The monoisotopic (exact) mass is 177 g/mol. The Hall–Kier alpha value is -0.940. The molecular weight excluding hydrogens is 166 g/mol. The van der Waals surface area contributed by atoms with Gasteiger partial charge in [-0.1, -0.05) is 26.0 Å². The van der Waals surface area contributed by atoms with Crippen molar-refractivity contribution in [3.63, 3.8) is 0 Å². The van der Waals surface area contributed by atoms with Crippen molar-refractivity contribution in [1.82, 2.24) is 0 Å². The van der Waals surface area contributed by atoms with Crippen LogP contribution in [-0.2, 0) is 0 Å². The lowest BCUT2D eigenvalue weighted by Crippen LogP contribution is -1.85. The largest absolute Gasteiger partial charge is 0.185 e. The van der Waals surface area contributed by atoms with Crippen molar-refractivity contribution < 1.29 is 0 Å². The van der Waals surface area contributed by atoms with Crippen molar-refractivity contribution >= 4 is 11.8 Å². The minimum atomic E-state index is 0.532. The van der Waals surface area contributed by atoms with E-state index in [1.54, 1.807) is 0 Å². The van der Waals surface area contributed by atoms with Crippen molar-refractivity contribution in [2.45, 2.75) is 24.7 Å². The van der Waals surface area contributed by atoms with Gasteiger partial charge >= 0.3 is 0 Å². The third-order valence-electron chi connectivity index (χ3n) is 1.69. The zero-order valence-corrected chi connectivity index (χ0v) is 8.06. The van der Waals surface area contributed by atoms with Crippen LogP contribution in [0.1, 0.15) is 25.3 Å². The van der Waals surface area contributed by atoms with E-state index in [0.29, 0.717) is 5.92 Å². The highest BCUT2D eigenvalue weighted by atomic mass is 32.2. The van der Waals surface area contributed by atoms with Crippen LogP contribution in [0.2, 0.25) is 0 Å². The first-order chi connectivity index (χ1) is 5.74. The van der Waals surface area contributed by atoms with Crippen molar-refractivity contribution in [3.8, 4) is 5.40 Å². The van der Waals surface area contributed by atoms with Crippen LogP contribution in [0, 0.1) is 10.7 Å². The Labute approximate surface area is 77.4 Å². The SMILES string of the molecule is CC(C)c1cccc(SC#N)c1. The maximum atomic E-state index is 8.46. The average molecular weight is 177 g/mol. The predicted octanol–water partition coefficient (Wildman–Crippen LogP) is 3.38. The van der Waals surface area contributed by atoms with Crippen LogP contribution in [0.3, 0.4) is 0 Å². The van der Waals surface area contributed by atoms with E-state index in [2.05, 4.69) is 31.4 Å². The van der Waals surface area contributed by atoms with Gasteiger partial charge in [-0.2, -0.15) is 5.26 Å². The molecule has 0 saturated carbocycles. The second-order valence-corrected chi connectivity index (χ2v) is 3.78. The van der Waals surface area contributed by atoms with Crippen molar-refractivity contribution in [1.29, 1.82) is 5.26 Å². The number of hydrogen-bond acceptors (Lipinski definition) is 2. The van der Waals surface area contributed by atoms with E-state index in [1.165, 1.54) is 17.3 Å². The maximum absolute atomic E-state index is 8.46. The van der Waals surface area contributed by atoms with E-state index >= 15 is 0 Å². The van der Waals surface area contributed by atoms with Gasteiger partial charge in [-0.15, -0.1) is 0 Å². The Morgan fingerprint density at radius 1 is 1.42 bits per heavy atom. The summed E-state index contributed by atoms with van der Waals surface area (Å²) in [7, 11) is 0. The van der Waals surface area contributed by atoms with Gasteiger partial charge in [-0.3, -0.25) is 0 Å². The molecule has 0 atom stereocenters. The number of thioether (sulfide) groups is 1. The number of nitriles is 1. The molecule has 0 fully saturated rings. The van der Waals surface area contributed by atoms with Crippen molar-refractivity contribution in [2.24, 2.45) is 0 Å². The van der Waals surface area contributed by atoms with Crippen molar-refractivity contribution in [3.05, 3.63) is 29.8 Å². The van der Waals surface area contributed by atoms with Crippen LogP contribution in [0.5, 0.6) is 0 Å². The summed E-state index contributed by atoms with van der Waals surface area (Å²) in [4.78, 5) is 1.03. The van der Waals surface area contributed by atoms with Gasteiger partial charge < -0.3 is 0 Å². The normalized spacial score (nSPS) is 9.83. The number of benzene rings is 1. The van der Waals surface area contributed by atoms with Gasteiger partial charge in [0.05, 0.1) is 0 Å². The maximum Gasteiger partial charge on any atom is 0.138 e. The standard InChI is InChI=1S/C10H11NS/c1-8(2)9-4-3-5-10(6-9)12-7-11/h3-6,8H,1-2H3. The zero-order chi connectivity index (χ0) is 8.97. The number of nitrogens with zero attached hydrogens (tertiary/aromatic N) is 1. The van der Waals surface area contributed by atoms with Crippen LogP contribution in [0.15, 0.2) is 29.2 Å². The summed E-state index contributed by atoms with van der Waals surface area (Å²) in [6.07, 6.45) is 0. The lowest BCUT2D eigenvalue weighted by atomic mass is 10.0. The molecule has 0 spiro atoms. The Morgan fingerprint density at radius 2 is 2.17 bits per heavy atom. The van der Waals surface area contributed by atoms with Crippen molar-refractivity contribution in [2.75, 3.05) is 0 Å². The molecule has 0 amide bonds. The highest BCUT2D eigenvalue weighted by Gasteiger charge is 1.99. The average Bonchev–Trinajstić information content (AvgIpc) is 2.05. The minimum absolute atomic E-state index is 0.532. The topological polar surface area (TPSA) is 23.8 Å². The molecule has 0 aromatic heterocycles. The van der Waals surface area contributed by atoms with Gasteiger partial charge in [0.15, 0.2) is 0 Å². The minimum Gasteiger partial charge on any atom is -0.185 e. The highest BCUT2D eigenvalue weighted by Crippen LogP contribution is 2.21. The fourth-order valence-corrected chi connectivity index (χ4v) is 1.44. The van der Waals surface area contributed by atoms with Crippen LogP contribution >= 0.6 is 11.8 Å². The second-order valence-electron chi connectivity index (χ2n) is 2.92. The molecule has 1 aromatic rings. The lowest BCUT2D eigenvalue weighted by molar-refractivity contribution is 0.862. The first-order valence-corrected chi connectivity index (χ1v) is 4.71. The Kier molecular flexibility index (Phi) is 3.19. The summed E-state index contributed by atoms with van der Waals surface area (Å²) >= 11 is 1.21. The van der Waals surface area contributed by atoms with E-state index in [9.17, 15) is 0 Å². The second kappa shape index (κ2) is 4.18. The van der Waals surface area contributed by atoms with Crippen LogP contribution in [0.4, 0.5) is 0 Å². The third kappa shape index (κ3) is 2.28. The van der Waals surface area contributed by atoms with Gasteiger partial charge in [0.25, 0.3) is 0 Å². The molecule has 2 heteroatoms. The van der Waals surface area contributed by atoms with Crippen LogP contribution < -0.4 is 0 Å². The summed E-state index contributed by atoms with van der Waals surface area (Å²) in [5.41, 5.74) is 1.29. The fourth-order valence-electron chi connectivity index (χ4n) is 0.990. The number of rotatable bonds is 2. The van der Waals surface area contributed by atoms with E-state index in [4.69, 9.17) is 5.26 Å². The molecule has 0 N–H and O–H groups in total. The molecule has 0 aliphatic carbocycles. The molecule has 0 unspecified atom stereocenters. The van der Waals surface area contributed by atoms with Gasteiger partial charge in [0, 0.05) is 4.90 Å². The lowest BCUT2D eigenvalue weighted by Gasteiger charge is -2.04. The van der Waals surface area contributed by atoms with E-state index in [1.807, 2.05) is 12.1 Å². The van der Waals surface area contributed by atoms with Gasteiger partial charge in [0.1, 0.15) is 5.40 Å². The first kappa shape index (κ1) is 9.15. The molecule has 0 radical (unpaired) electrons. The number of thiocyanates is 1. The molecule has 1 rings (SSSR count). The summed E-state index contributed by atoms with van der Waals surface area (Å²) < 4.78 is 0. The molecular formula is C10H11NS. The molecule has 0 bridgehead atoms. The van der Waals surface area contributed by atoms with E-state index in [-0.39, 0.29) is 0 Å². The zero-order valence-electron chi connectivity index (χ0n) is 7.24. The third-order valence-corrected chi connectivity index (χ3v) is 2.27. The molecule has 62 valence electrons.